The van der Waals surface area contributed by atoms with Crippen LogP contribution in [-0.2, 0) is 5.54 Å². The number of pyridine rings is 1. The second kappa shape index (κ2) is 4.86. The van der Waals surface area contributed by atoms with E-state index in [1.54, 1.807) is 12.4 Å². The minimum absolute atomic E-state index is 0.385. The quantitative estimate of drug-likeness (QED) is 0.787. The lowest BCUT2D eigenvalue weighted by atomic mass is 9.93. The van der Waals surface area contributed by atoms with Crippen LogP contribution < -0.4 is 5.73 Å². The molecule has 2 aromatic heterocycles. The van der Waals surface area contributed by atoms with Gasteiger partial charge < -0.3 is 10.3 Å². The fourth-order valence-corrected chi connectivity index (χ4v) is 1.96. The Morgan fingerprint density at radius 2 is 1.75 bits per heavy atom. The van der Waals surface area contributed by atoms with Crippen molar-refractivity contribution in [3.05, 3.63) is 66.3 Å². The molecule has 1 atom stereocenters. The summed E-state index contributed by atoms with van der Waals surface area (Å²) < 4.78 is 5.33. The number of aromatic nitrogens is 3. The van der Waals surface area contributed by atoms with Crippen molar-refractivity contribution in [1.82, 2.24) is 15.1 Å². The van der Waals surface area contributed by atoms with Gasteiger partial charge in [0.2, 0.25) is 5.82 Å². The van der Waals surface area contributed by atoms with Gasteiger partial charge in [0.05, 0.1) is 0 Å². The van der Waals surface area contributed by atoms with Crippen LogP contribution in [-0.4, -0.2) is 15.1 Å². The van der Waals surface area contributed by atoms with E-state index in [1.807, 2.05) is 49.4 Å². The van der Waals surface area contributed by atoms with Crippen molar-refractivity contribution in [3.63, 3.8) is 0 Å². The third-order valence-corrected chi connectivity index (χ3v) is 3.18. The summed E-state index contributed by atoms with van der Waals surface area (Å²) in [6.07, 6.45) is 3.37. The average Bonchev–Trinajstić information content (AvgIpc) is 3.00. The predicted molar refractivity (Wildman–Crippen MR) is 74.6 cm³/mol. The maximum absolute atomic E-state index is 6.34. The van der Waals surface area contributed by atoms with Crippen LogP contribution in [0.5, 0.6) is 0 Å². The standard InChI is InChI=1S/C15H14N4O/c1-15(16,12-5-3-2-4-6-12)14-18-13(19-20-14)11-7-9-17-10-8-11/h2-10H,16H2,1H3. The summed E-state index contributed by atoms with van der Waals surface area (Å²) in [6, 6.07) is 13.3. The Morgan fingerprint density at radius 3 is 2.45 bits per heavy atom. The molecule has 0 saturated heterocycles. The summed E-state index contributed by atoms with van der Waals surface area (Å²) >= 11 is 0. The first-order valence-electron chi connectivity index (χ1n) is 6.27. The predicted octanol–water partition coefficient (Wildman–Crippen LogP) is 2.35. The van der Waals surface area contributed by atoms with Crippen molar-refractivity contribution >= 4 is 0 Å². The highest BCUT2D eigenvalue weighted by Gasteiger charge is 2.30. The van der Waals surface area contributed by atoms with Crippen LogP contribution in [0.1, 0.15) is 18.4 Å². The van der Waals surface area contributed by atoms with Gasteiger partial charge >= 0.3 is 0 Å². The Bertz CT molecular complexity index is 692. The highest BCUT2D eigenvalue weighted by molar-refractivity contribution is 5.53. The molecule has 100 valence electrons. The molecule has 0 aliphatic carbocycles. The molecule has 20 heavy (non-hydrogen) atoms. The lowest BCUT2D eigenvalue weighted by Crippen LogP contribution is -2.34. The molecule has 3 rings (SSSR count). The molecule has 5 nitrogen and oxygen atoms in total. The summed E-state index contributed by atoms with van der Waals surface area (Å²) in [5.41, 5.74) is 7.29. The average molecular weight is 266 g/mol. The van der Waals surface area contributed by atoms with Crippen molar-refractivity contribution in [2.24, 2.45) is 5.73 Å². The fraction of sp³-hybridized carbons (Fsp3) is 0.133. The molecule has 0 spiro atoms. The normalized spacial score (nSPS) is 13.9. The van der Waals surface area contributed by atoms with Gasteiger partial charge in [-0.2, -0.15) is 4.98 Å². The molecule has 0 saturated carbocycles. The zero-order valence-electron chi connectivity index (χ0n) is 11.0. The van der Waals surface area contributed by atoms with Crippen LogP contribution in [0.25, 0.3) is 11.4 Å². The van der Waals surface area contributed by atoms with E-state index in [1.165, 1.54) is 0 Å². The molecular formula is C15H14N4O. The number of hydrogen-bond acceptors (Lipinski definition) is 5. The van der Waals surface area contributed by atoms with Crippen molar-refractivity contribution in [3.8, 4) is 11.4 Å². The summed E-state index contributed by atoms with van der Waals surface area (Å²) in [5.74, 6) is 0.894. The molecule has 2 N–H and O–H groups in total. The van der Waals surface area contributed by atoms with E-state index in [0.717, 1.165) is 11.1 Å². The van der Waals surface area contributed by atoms with Crippen LogP contribution in [0.4, 0.5) is 0 Å². The minimum atomic E-state index is -0.820. The molecule has 5 heteroatoms. The summed E-state index contributed by atoms with van der Waals surface area (Å²) in [5, 5.41) is 3.98. The number of hydrogen-bond donors (Lipinski definition) is 1. The molecule has 1 aromatic carbocycles. The first kappa shape index (κ1) is 12.5. The zero-order chi connectivity index (χ0) is 14.0. The molecule has 0 bridgehead atoms. The Morgan fingerprint density at radius 1 is 1.05 bits per heavy atom. The van der Waals surface area contributed by atoms with Crippen molar-refractivity contribution in [2.75, 3.05) is 0 Å². The largest absolute Gasteiger partial charge is 0.337 e. The van der Waals surface area contributed by atoms with Gasteiger partial charge in [-0.1, -0.05) is 35.5 Å². The summed E-state index contributed by atoms with van der Waals surface area (Å²) in [6.45, 7) is 1.85. The second-order valence-corrected chi connectivity index (χ2v) is 4.73. The highest BCUT2D eigenvalue weighted by atomic mass is 16.5. The Labute approximate surface area is 116 Å². The van der Waals surface area contributed by atoms with E-state index >= 15 is 0 Å². The number of rotatable bonds is 3. The lowest BCUT2D eigenvalue weighted by Gasteiger charge is -2.20. The molecule has 0 fully saturated rings. The Hall–Kier alpha value is -2.53. The molecular weight excluding hydrogens is 252 g/mol. The van der Waals surface area contributed by atoms with Crippen LogP contribution in [0.2, 0.25) is 0 Å². The third-order valence-electron chi connectivity index (χ3n) is 3.18. The highest BCUT2D eigenvalue weighted by Crippen LogP contribution is 2.26. The van der Waals surface area contributed by atoms with E-state index in [9.17, 15) is 0 Å². The SMILES string of the molecule is CC(N)(c1ccccc1)c1nc(-c2ccncc2)no1. The molecule has 1 unspecified atom stereocenters. The van der Waals surface area contributed by atoms with E-state index < -0.39 is 5.54 Å². The van der Waals surface area contributed by atoms with E-state index in [2.05, 4.69) is 15.1 Å². The van der Waals surface area contributed by atoms with Crippen molar-refractivity contribution in [2.45, 2.75) is 12.5 Å². The first-order valence-corrected chi connectivity index (χ1v) is 6.27. The molecule has 2 heterocycles. The minimum Gasteiger partial charge on any atom is -0.337 e. The van der Waals surface area contributed by atoms with Crippen molar-refractivity contribution < 1.29 is 4.52 Å². The van der Waals surface area contributed by atoms with Gasteiger partial charge in [-0.25, -0.2) is 0 Å². The van der Waals surface area contributed by atoms with E-state index in [0.29, 0.717) is 11.7 Å². The smallest absolute Gasteiger partial charge is 0.251 e. The van der Waals surface area contributed by atoms with Gasteiger partial charge in [0.1, 0.15) is 5.54 Å². The van der Waals surface area contributed by atoms with E-state index in [4.69, 9.17) is 10.3 Å². The van der Waals surface area contributed by atoms with Crippen LogP contribution in [0, 0.1) is 0 Å². The van der Waals surface area contributed by atoms with Gasteiger partial charge in [0.15, 0.2) is 0 Å². The Kier molecular flexibility index (Phi) is 3.04. The van der Waals surface area contributed by atoms with Gasteiger partial charge in [0.25, 0.3) is 5.89 Å². The third kappa shape index (κ3) is 2.19. The maximum Gasteiger partial charge on any atom is 0.251 e. The molecule has 0 aliphatic rings. The summed E-state index contributed by atoms with van der Waals surface area (Å²) in [4.78, 5) is 8.36. The second-order valence-electron chi connectivity index (χ2n) is 4.73. The molecule has 0 aliphatic heterocycles. The fourth-order valence-electron chi connectivity index (χ4n) is 1.96. The van der Waals surface area contributed by atoms with Crippen molar-refractivity contribution in [1.29, 1.82) is 0 Å². The van der Waals surface area contributed by atoms with Crippen LogP contribution in [0.15, 0.2) is 59.4 Å². The number of nitrogens with two attached hydrogens (primary N) is 1. The summed E-state index contributed by atoms with van der Waals surface area (Å²) in [7, 11) is 0. The zero-order valence-corrected chi connectivity index (χ0v) is 11.0. The first-order chi connectivity index (χ1) is 9.68. The molecule has 3 aromatic rings. The number of benzene rings is 1. The van der Waals surface area contributed by atoms with Gasteiger partial charge in [0, 0.05) is 18.0 Å². The maximum atomic E-state index is 6.34. The van der Waals surface area contributed by atoms with Gasteiger partial charge in [-0.05, 0) is 24.6 Å². The van der Waals surface area contributed by atoms with Crippen LogP contribution in [0.3, 0.4) is 0 Å². The monoisotopic (exact) mass is 266 g/mol. The van der Waals surface area contributed by atoms with E-state index in [-0.39, 0.29) is 0 Å². The topological polar surface area (TPSA) is 77.8 Å². The molecule has 0 radical (unpaired) electrons. The molecule has 0 amide bonds. The van der Waals surface area contributed by atoms with Gasteiger partial charge in [-0.15, -0.1) is 0 Å². The lowest BCUT2D eigenvalue weighted by molar-refractivity contribution is 0.325. The Balaban J connectivity index is 1.98. The van der Waals surface area contributed by atoms with Crippen LogP contribution >= 0.6 is 0 Å². The number of nitrogens with zero attached hydrogens (tertiary/aromatic N) is 3. The van der Waals surface area contributed by atoms with Gasteiger partial charge in [-0.3, -0.25) is 4.98 Å².